The lowest BCUT2D eigenvalue weighted by Gasteiger charge is -2.48. The van der Waals surface area contributed by atoms with E-state index in [-0.39, 0.29) is 31.5 Å². The SMILES string of the molecule is CCCCC(=O)O[C@@H]1[C@H](NC(C)=O)[C@H](OCc2ccccc2)O[C@@H]2CO[C@@H](c3ccccc3)O[C@@H]12. The normalized spacial score (nSPS) is 28.1. The summed E-state index contributed by atoms with van der Waals surface area (Å²) in [6.45, 7) is 3.92. The number of carbonyl (C=O) groups is 2. The molecule has 0 aliphatic carbocycles. The van der Waals surface area contributed by atoms with Gasteiger partial charge in [0, 0.05) is 18.9 Å². The Balaban J connectivity index is 1.57. The molecule has 6 atom stereocenters. The summed E-state index contributed by atoms with van der Waals surface area (Å²) in [7, 11) is 0. The molecule has 2 heterocycles. The van der Waals surface area contributed by atoms with E-state index in [9.17, 15) is 9.59 Å². The molecule has 0 radical (unpaired) electrons. The third-order valence-corrected chi connectivity index (χ3v) is 6.04. The molecule has 1 amide bonds. The van der Waals surface area contributed by atoms with Crippen LogP contribution in [0, 0.1) is 0 Å². The molecule has 35 heavy (non-hydrogen) atoms. The molecule has 0 spiro atoms. The lowest BCUT2D eigenvalue weighted by molar-refractivity contribution is -0.346. The zero-order valence-corrected chi connectivity index (χ0v) is 20.1. The van der Waals surface area contributed by atoms with Gasteiger partial charge in [0.2, 0.25) is 5.91 Å². The summed E-state index contributed by atoms with van der Waals surface area (Å²) in [6, 6.07) is 18.5. The molecule has 0 aromatic heterocycles. The molecule has 2 saturated heterocycles. The van der Waals surface area contributed by atoms with Crippen molar-refractivity contribution >= 4 is 11.9 Å². The van der Waals surface area contributed by atoms with Crippen LogP contribution in [0.3, 0.4) is 0 Å². The first-order valence-corrected chi connectivity index (χ1v) is 12.1. The van der Waals surface area contributed by atoms with E-state index in [1.165, 1.54) is 6.92 Å². The Morgan fingerprint density at radius 1 is 1.03 bits per heavy atom. The number of ether oxygens (including phenoxy) is 5. The highest BCUT2D eigenvalue weighted by molar-refractivity contribution is 5.73. The third-order valence-electron chi connectivity index (χ3n) is 6.04. The van der Waals surface area contributed by atoms with Crippen LogP contribution in [0.1, 0.15) is 50.5 Å². The summed E-state index contributed by atoms with van der Waals surface area (Å²) in [4.78, 5) is 24.9. The van der Waals surface area contributed by atoms with Crippen molar-refractivity contribution in [2.45, 2.75) is 76.7 Å². The van der Waals surface area contributed by atoms with Crippen molar-refractivity contribution in [2.24, 2.45) is 0 Å². The third kappa shape index (κ3) is 6.67. The number of benzene rings is 2. The maximum Gasteiger partial charge on any atom is 0.306 e. The van der Waals surface area contributed by atoms with E-state index in [0.29, 0.717) is 6.42 Å². The second-order valence-electron chi connectivity index (χ2n) is 8.80. The number of esters is 1. The van der Waals surface area contributed by atoms with E-state index in [4.69, 9.17) is 23.7 Å². The summed E-state index contributed by atoms with van der Waals surface area (Å²) < 4.78 is 30.5. The van der Waals surface area contributed by atoms with Crippen molar-refractivity contribution < 1.29 is 33.3 Å². The van der Waals surface area contributed by atoms with Crippen LogP contribution in [0.25, 0.3) is 0 Å². The highest BCUT2D eigenvalue weighted by atomic mass is 16.8. The highest BCUT2D eigenvalue weighted by Gasteiger charge is 2.52. The predicted octanol–water partition coefficient (Wildman–Crippen LogP) is 3.65. The van der Waals surface area contributed by atoms with Gasteiger partial charge in [-0.05, 0) is 12.0 Å². The van der Waals surface area contributed by atoms with Gasteiger partial charge in [-0.3, -0.25) is 9.59 Å². The van der Waals surface area contributed by atoms with E-state index in [2.05, 4.69) is 5.32 Å². The van der Waals surface area contributed by atoms with Crippen LogP contribution >= 0.6 is 0 Å². The quantitative estimate of drug-likeness (QED) is 0.544. The summed E-state index contributed by atoms with van der Waals surface area (Å²) in [5.41, 5.74) is 1.80. The number of hydrogen-bond donors (Lipinski definition) is 1. The molecule has 0 saturated carbocycles. The number of nitrogens with one attached hydrogen (secondary N) is 1. The van der Waals surface area contributed by atoms with Gasteiger partial charge in [0.1, 0.15) is 18.2 Å². The van der Waals surface area contributed by atoms with Crippen LogP contribution in [0.15, 0.2) is 60.7 Å². The van der Waals surface area contributed by atoms with Crippen LogP contribution in [-0.2, 0) is 39.9 Å². The molecule has 2 aliphatic rings. The Morgan fingerprint density at radius 2 is 1.74 bits per heavy atom. The molecule has 2 fully saturated rings. The first kappa shape index (κ1) is 25.3. The number of fused-ring (bicyclic) bond motifs is 1. The highest BCUT2D eigenvalue weighted by Crippen LogP contribution is 2.36. The van der Waals surface area contributed by atoms with Crippen molar-refractivity contribution in [1.29, 1.82) is 0 Å². The molecule has 0 bridgehead atoms. The van der Waals surface area contributed by atoms with E-state index in [1.807, 2.05) is 67.6 Å². The van der Waals surface area contributed by atoms with Crippen molar-refractivity contribution in [3.63, 3.8) is 0 Å². The number of amides is 1. The van der Waals surface area contributed by atoms with Gasteiger partial charge in [0.15, 0.2) is 18.7 Å². The molecule has 188 valence electrons. The number of hydrogen-bond acceptors (Lipinski definition) is 7. The Kier molecular flexibility index (Phi) is 8.87. The fraction of sp³-hybridized carbons (Fsp3) is 0.481. The topological polar surface area (TPSA) is 92.3 Å². The molecule has 0 unspecified atom stereocenters. The summed E-state index contributed by atoms with van der Waals surface area (Å²) in [5.74, 6) is -0.632. The predicted molar refractivity (Wildman–Crippen MR) is 127 cm³/mol. The number of unbranched alkanes of at least 4 members (excludes halogenated alkanes) is 1. The van der Waals surface area contributed by atoms with Gasteiger partial charge in [0.05, 0.1) is 13.2 Å². The molecular formula is C27H33NO7. The van der Waals surface area contributed by atoms with Crippen molar-refractivity contribution in [3.05, 3.63) is 71.8 Å². The fourth-order valence-electron chi connectivity index (χ4n) is 4.31. The van der Waals surface area contributed by atoms with Gasteiger partial charge >= 0.3 is 5.97 Å². The number of carbonyl (C=O) groups excluding carboxylic acids is 2. The minimum absolute atomic E-state index is 0.227. The molecule has 2 aromatic rings. The van der Waals surface area contributed by atoms with E-state index >= 15 is 0 Å². The lowest BCUT2D eigenvalue weighted by Crippen LogP contribution is -2.67. The summed E-state index contributed by atoms with van der Waals surface area (Å²) >= 11 is 0. The lowest BCUT2D eigenvalue weighted by atomic mass is 9.95. The summed E-state index contributed by atoms with van der Waals surface area (Å²) in [5, 5.41) is 2.88. The van der Waals surface area contributed by atoms with Crippen LogP contribution < -0.4 is 5.32 Å². The van der Waals surface area contributed by atoms with E-state index < -0.39 is 36.9 Å². The van der Waals surface area contributed by atoms with E-state index in [1.54, 1.807) is 0 Å². The van der Waals surface area contributed by atoms with Gasteiger partial charge in [-0.15, -0.1) is 0 Å². The zero-order chi connectivity index (χ0) is 24.6. The van der Waals surface area contributed by atoms with Crippen molar-refractivity contribution in [2.75, 3.05) is 6.61 Å². The van der Waals surface area contributed by atoms with Crippen LogP contribution in [-0.4, -0.2) is 49.1 Å². The van der Waals surface area contributed by atoms with Crippen molar-refractivity contribution in [3.8, 4) is 0 Å². The van der Waals surface area contributed by atoms with Gasteiger partial charge in [0.25, 0.3) is 0 Å². The maximum atomic E-state index is 12.7. The standard InChI is InChI=1S/C27H33NO7/c1-3-4-15-22(30)34-25-23(28-18(2)29)27(31-16-19-11-7-5-8-12-19)33-21-17-32-26(35-24(21)25)20-13-9-6-10-14-20/h5-14,21,23-27H,3-4,15-17H2,1-2H3,(H,28,29)/t21-,23+,24-,25-,26-,27-/m1/s1. The smallest absolute Gasteiger partial charge is 0.306 e. The van der Waals surface area contributed by atoms with Gasteiger partial charge < -0.3 is 29.0 Å². The largest absolute Gasteiger partial charge is 0.457 e. The minimum atomic E-state index is -0.857. The molecule has 2 aliphatic heterocycles. The fourth-order valence-corrected chi connectivity index (χ4v) is 4.31. The van der Waals surface area contributed by atoms with Crippen molar-refractivity contribution in [1.82, 2.24) is 5.32 Å². The molecule has 8 nitrogen and oxygen atoms in total. The number of rotatable bonds is 9. The average Bonchev–Trinajstić information content (AvgIpc) is 2.88. The van der Waals surface area contributed by atoms with Crippen LogP contribution in [0.5, 0.6) is 0 Å². The Labute approximate surface area is 205 Å². The maximum absolute atomic E-state index is 12.7. The summed E-state index contributed by atoms with van der Waals surface area (Å²) in [6.07, 6.45) is -1.62. The molecular weight excluding hydrogens is 450 g/mol. The second kappa shape index (κ2) is 12.3. The van der Waals surface area contributed by atoms with Crippen LogP contribution in [0.2, 0.25) is 0 Å². The van der Waals surface area contributed by atoms with Gasteiger partial charge in [-0.25, -0.2) is 0 Å². The first-order chi connectivity index (χ1) is 17.0. The zero-order valence-electron chi connectivity index (χ0n) is 20.1. The molecule has 2 aromatic carbocycles. The molecule has 1 N–H and O–H groups in total. The minimum Gasteiger partial charge on any atom is -0.457 e. The monoisotopic (exact) mass is 483 g/mol. The Hall–Kier alpha value is -2.78. The second-order valence-corrected chi connectivity index (χ2v) is 8.80. The molecule has 4 rings (SSSR count). The van der Waals surface area contributed by atoms with Gasteiger partial charge in [-0.1, -0.05) is 74.0 Å². The Bertz CT molecular complexity index is 955. The Morgan fingerprint density at radius 3 is 2.43 bits per heavy atom. The first-order valence-electron chi connectivity index (χ1n) is 12.1. The molecule has 8 heteroatoms. The van der Waals surface area contributed by atoms with Crippen LogP contribution in [0.4, 0.5) is 0 Å². The van der Waals surface area contributed by atoms with Gasteiger partial charge in [-0.2, -0.15) is 0 Å². The van der Waals surface area contributed by atoms with E-state index in [0.717, 1.165) is 17.5 Å². The average molecular weight is 484 g/mol.